The third-order valence-electron chi connectivity index (χ3n) is 5.44. The number of halogens is 2. The summed E-state index contributed by atoms with van der Waals surface area (Å²) in [5.74, 6) is 0.612. The molecule has 0 spiro atoms. The van der Waals surface area contributed by atoms with E-state index in [2.05, 4.69) is 20.0 Å². The lowest BCUT2D eigenvalue weighted by molar-refractivity contribution is 0.119. The molecule has 1 aromatic heterocycles. The van der Waals surface area contributed by atoms with E-state index in [1.54, 1.807) is 0 Å². The summed E-state index contributed by atoms with van der Waals surface area (Å²) in [6, 6.07) is 10.4. The second kappa shape index (κ2) is 9.32. The third kappa shape index (κ3) is 4.50. The Labute approximate surface area is 189 Å². The molecule has 166 valence electrons. The van der Waals surface area contributed by atoms with E-state index in [0.29, 0.717) is 12.6 Å². The maximum atomic E-state index is 15.2. The van der Waals surface area contributed by atoms with Gasteiger partial charge in [-0.05, 0) is 30.5 Å². The summed E-state index contributed by atoms with van der Waals surface area (Å²) in [7, 11) is -4.39. The lowest BCUT2D eigenvalue weighted by Crippen LogP contribution is -2.36. The van der Waals surface area contributed by atoms with Crippen molar-refractivity contribution in [1.29, 1.82) is 0 Å². The number of hydrogen-bond acceptors (Lipinski definition) is 6. The third-order valence-corrected chi connectivity index (χ3v) is 7.50. The molecule has 1 N–H and O–H groups in total. The molecule has 0 bridgehead atoms. The van der Waals surface area contributed by atoms with Crippen molar-refractivity contribution >= 4 is 26.7 Å². The van der Waals surface area contributed by atoms with Gasteiger partial charge >= 0.3 is 0 Å². The lowest BCUT2D eigenvalue weighted by atomic mass is 9.91. The van der Waals surface area contributed by atoms with Crippen LogP contribution in [0.2, 0.25) is 0 Å². The number of anilines is 1. The number of benzene rings is 2. The standard InChI is InChI=1S/C22H20F2N4O2S2/c1-2-19(28-11-7-6-10-20(28)15-8-4-3-5-9-15)16-12-18(24)21(13-17(16)23)32(29,30)27-22-25-14-26-31-22/h1,3-5,8-9,12-14,19-20H,6-7,10-11H2,(H,25,26,27)/t19-,20-/m0/s1. The average Bonchev–Trinajstić information content (AvgIpc) is 3.29. The Hall–Kier alpha value is -2.87. The number of piperidine rings is 1. The maximum Gasteiger partial charge on any atom is 0.266 e. The summed E-state index contributed by atoms with van der Waals surface area (Å²) in [6.45, 7) is 0.619. The van der Waals surface area contributed by atoms with Gasteiger partial charge in [0.05, 0.1) is 0 Å². The van der Waals surface area contributed by atoms with Crippen LogP contribution in [-0.2, 0) is 10.0 Å². The van der Waals surface area contributed by atoms with Crippen molar-refractivity contribution in [3.05, 3.63) is 71.6 Å². The molecule has 0 aliphatic carbocycles. The predicted octanol–water partition coefficient (Wildman–Crippen LogP) is 4.52. The number of likely N-dealkylation sites (tertiary alicyclic amines) is 1. The number of rotatable bonds is 6. The smallest absolute Gasteiger partial charge is 0.266 e. The molecule has 4 rings (SSSR count). The van der Waals surface area contributed by atoms with Crippen molar-refractivity contribution in [3.63, 3.8) is 0 Å². The normalized spacial score (nSPS) is 18.1. The highest BCUT2D eigenvalue weighted by Gasteiger charge is 2.33. The van der Waals surface area contributed by atoms with E-state index in [9.17, 15) is 12.8 Å². The van der Waals surface area contributed by atoms with Gasteiger partial charge in [0.25, 0.3) is 10.0 Å². The second-order valence-electron chi connectivity index (χ2n) is 7.39. The van der Waals surface area contributed by atoms with Crippen LogP contribution in [0.4, 0.5) is 13.9 Å². The number of hydrogen-bond donors (Lipinski definition) is 1. The molecule has 0 amide bonds. The number of nitrogens with one attached hydrogen (secondary N) is 1. The highest BCUT2D eigenvalue weighted by atomic mass is 32.2. The first kappa shape index (κ1) is 22.3. The fourth-order valence-corrected chi connectivity index (χ4v) is 5.74. The molecular weight excluding hydrogens is 454 g/mol. The molecule has 1 aliphatic heterocycles. The second-order valence-corrected chi connectivity index (χ2v) is 9.82. The van der Waals surface area contributed by atoms with Gasteiger partial charge in [-0.1, -0.05) is 42.7 Å². The van der Waals surface area contributed by atoms with Gasteiger partial charge < -0.3 is 0 Å². The maximum absolute atomic E-state index is 15.2. The van der Waals surface area contributed by atoms with E-state index in [-0.39, 0.29) is 16.7 Å². The van der Waals surface area contributed by atoms with Gasteiger partial charge in [0.15, 0.2) is 0 Å². The van der Waals surface area contributed by atoms with Crippen LogP contribution in [0.5, 0.6) is 0 Å². The van der Waals surface area contributed by atoms with Gasteiger partial charge in [0, 0.05) is 29.7 Å². The first-order chi connectivity index (χ1) is 15.4. The molecule has 1 fully saturated rings. The first-order valence-electron chi connectivity index (χ1n) is 9.96. The summed E-state index contributed by atoms with van der Waals surface area (Å²) in [4.78, 5) is 4.86. The Bertz CT molecular complexity index is 1230. The fraction of sp³-hybridized carbons (Fsp3) is 0.273. The number of sulfonamides is 1. The van der Waals surface area contributed by atoms with E-state index in [4.69, 9.17) is 6.42 Å². The Kier molecular flexibility index (Phi) is 6.50. The number of nitrogens with zero attached hydrogens (tertiary/aromatic N) is 3. The van der Waals surface area contributed by atoms with Crippen molar-refractivity contribution in [2.45, 2.75) is 36.2 Å². The van der Waals surface area contributed by atoms with E-state index < -0.39 is 32.6 Å². The van der Waals surface area contributed by atoms with Crippen molar-refractivity contribution < 1.29 is 17.2 Å². The summed E-state index contributed by atoms with van der Waals surface area (Å²) in [5.41, 5.74) is 0.983. The van der Waals surface area contributed by atoms with Crippen LogP contribution in [0.1, 0.15) is 42.5 Å². The van der Waals surface area contributed by atoms with Crippen molar-refractivity contribution in [2.24, 2.45) is 0 Å². The fourth-order valence-electron chi connectivity index (χ4n) is 4.01. The van der Waals surface area contributed by atoms with Gasteiger partial charge in [0.2, 0.25) is 5.13 Å². The molecule has 0 radical (unpaired) electrons. The number of terminal acetylenes is 1. The minimum Gasteiger partial charge on any atom is -0.279 e. The Morgan fingerprint density at radius 1 is 1.19 bits per heavy atom. The van der Waals surface area contributed by atoms with Crippen LogP contribution in [0.25, 0.3) is 0 Å². The summed E-state index contributed by atoms with van der Waals surface area (Å²) in [5, 5.41) is -0.0468. The first-order valence-corrected chi connectivity index (χ1v) is 12.2. The largest absolute Gasteiger partial charge is 0.279 e. The van der Waals surface area contributed by atoms with Crippen LogP contribution in [0.3, 0.4) is 0 Å². The van der Waals surface area contributed by atoms with Crippen molar-refractivity contribution in [1.82, 2.24) is 14.3 Å². The zero-order valence-electron chi connectivity index (χ0n) is 16.9. The van der Waals surface area contributed by atoms with Crippen LogP contribution >= 0.6 is 11.5 Å². The van der Waals surface area contributed by atoms with Crippen LogP contribution in [0, 0.1) is 24.0 Å². The van der Waals surface area contributed by atoms with E-state index in [1.165, 1.54) is 0 Å². The highest BCUT2D eigenvalue weighted by Crippen LogP contribution is 2.38. The lowest BCUT2D eigenvalue weighted by Gasteiger charge is -2.39. The average molecular weight is 475 g/mol. The zero-order valence-corrected chi connectivity index (χ0v) is 18.5. The molecule has 3 aromatic rings. The number of aromatic nitrogens is 2. The minimum atomic E-state index is -4.39. The van der Waals surface area contributed by atoms with Crippen LogP contribution < -0.4 is 4.72 Å². The van der Waals surface area contributed by atoms with Crippen molar-refractivity contribution in [2.75, 3.05) is 11.3 Å². The molecule has 1 aliphatic rings. The van der Waals surface area contributed by atoms with Gasteiger partial charge in [-0.2, -0.15) is 4.37 Å². The van der Waals surface area contributed by atoms with Gasteiger partial charge in [0.1, 0.15) is 28.9 Å². The molecule has 0 unspecified atom stereocenters. The molecule has 0 saturated carbocycles. The molecule has 2 atom stereocenters. The van der Waals surface area contributed by atoms with E-state index in [1.807, 2.05) is 35.2 Å². The monoisotopic (exact) mass is 474 g/mol. The molecular formula is C22H20F2N4O2S2. The quantitative estimate of drug-likeness (QED) is 0.532. The Morgan fingerprint density at radius 3 is 2.66 bits per heavy atom. The molecule has 2 heterocycles. The van der Waals surface area contributed by atoms with E-state index in [0.717, 1.165) is 48.8 Å². The SMILES string of the molecule is C#C[C@@H](c1cc(F)c(S(=O)(=O)Nc2ncns2)cc1F)N1CCCC[C@H]1c1ccccc1. The van der Waals surface area contributed by atoms with Gasteiger partial charge in [-0.15, -0.1) is 6.42 Å². The van der Waals surface area contributed by atoms with E-state index >= 15 is 4.39 Å². The molecule has 1 saturated heterocycles. The topological polar surface area (TPSA) is 75.2 Å². The summed E-state index contributed by atoms with van der Waals surface area (Å²) >= 11 is 0.782. The van der Waals surface area contributed by atoms with Gasteiger partial charge in [-0.3, -0.25) is 9.62 Å². The van der Waals surface area contributed by atoms with Crippen LogP contribution in [-0.4, -0.2) is 29.2 Å². The highest BCUT2D eigenvalue weighted by molar-refractivity contribution is 7.93. The predicted molar refractivity (Wildman–Crippen MR) is 118 cm³/mol. The zero-order chi connectivity index (χ0) is 22.7. The summed E-state index contributed by atoms with van der Waals surface area (Å²) in [6.07, 6.45) is 9.65. The van der Waals surface area contributed by atoms with Gasteiger partial charge in [-0.25, -0.2) is 22.2 Å². The Balaban J connectivity index is 1.69. The molecule has 10 heteroatoms. The minimum absolute atomic E-state index is 0.0454. The Morgan fingerprint density at radius 2 is 1.97 bits per heavy atom. The molecule has 6 nitrogen and oxygen atoms in total. The summed E-state index contributed by atoms with van der Waals surface area (Å²) < 4.78 is 60.9. The molecule has 32 heavy (non-hydrogen) atoms. The van der Waals surface area contributed by atoms with Crippen molar-refractivity contribution in [3.8, 4) is 12.3 Å². The van der Waals surface area contributed by atoms with Crippen LogP contribution in [0.15, 0.2) is 53.7 Å². The molecule has 2 aromatic carbocycles.